The van der Waals surface area contributed by atoms with Crippen LogP contribution >= 0.6 is 0 Å². The molecule has 0 N–H and O–H groups in total. The highest BCUT2D eigenvalue weighted by molar-refractivity contribution is 5.50. The lowest BCUT2D eigenvalue weighted by molar-refractivity contribution is 1.23. The van der Waals surface area contributed by atoms with Gasteiger partial charge in [-0.05, 0) is 17.7 Å². The molecule has 0 atom stereocenters. The third-order valence-electron chi connectivity index (χ3n) is 2.53. The Morgan fingerprint density at radius 1 is 0.882 bits per heavy atom. The largest absolute Gasteiger partial charge is 0.305 e. The smallest absolute Gasteiger partial charge is 0.0485 e. The van der Waals surface area contributed by atoms with E-state index in [0.717, 1.165) is 12.1 Å². The lowest BCUT2D eigenvalue weighted by atomic mass is 10.2. The van der Waals surface area contributed by atoms with E-state index in [0.29, 0.717) is 0 Å². The van der Waals surface area contributed by atoms with E-state index in [9.17, 15) is 0 Å². The maximum absolute atomic E-state index is 3.18. The molecule has 1 nitrogen and oxygen atoms in total. The third-order valence-corrected chi connectivity index (χ3v) is 2.53. The molecule has 17 heavy (non-hydrogen) atoms. The summed E-state index contributed by atoms with van der Waals surface area (Å²) in [4.78, 5) is 1.95. The average molecular weight is 221 g/mol. The predicted molar refractivity (Wildman–Crippen MR) is 72.8 cm³/mol. The van der Waals surface area contributed by atoms with Crippen molar-refractivity contribution in [2.45, 2.75) is 6.42 Å². The summed E-state index contributed by atoms with van der Waals surface area (Å²) in [6.07, 6.45) is 0.790. The number of rotatable bonds is 2. The van der Waals surface area contributed by atoms with E-state index in [1.807, 2.05) is 48.3 Å². The van der Waals surface area contributed by atoms with Gasteiger partial charge in [0.25, 0.3) is 0 Å². The summed E-state index contributed by atoms with van der Waals surface area (Å²) in [6.45, 7) is 0. The van der Waals surface area contributed by atoms with Crippen molar-refractivity contribution in [1.29, 1.82) is 0 Å². The van der Waals surface area contributed by atoms with Gasteiger partial charge in [-0.25, -0.2) is 0 Å². The second kappa shape index (κ2) is 5.77. The fourth-order valence-corrected chi connectivity index (χ4v) is 1.57. The molecule has 84 valence electrons. The van der Waals surface area contributed by atoms with Crippen molar-refractivity contribution in [3.8, 4) is 12.0 Å². The Kier molecular flexibility index (Phi) is 3.83. The fraction of sp³-hybridized carbons (Fsp3) is 0.125. The molecule has 0 aliphatic heterocycles. The first-order valence-electron chi connectivity index (χ1n) is 5.67. The first-order chi connectivity index (χ1) is 8.36. The first-order valence-corrected chi connectivity index (χ1v) is 5.67. The Labute approximate surface area is 103 Å². The minimum Gasteiger partial charge on any atom is -0.305 e. The third kappa shape index (κ3) is 3.39. The minimum absolute atomic E-state index is 0.790. The van der Waals surface area contributed by atoms with Crippen LogP contribution in [0.25, 0.3) is 0 Å². The van der Waals surface area contributed by atoms with Crippen LogP contribution in [0.15, 0.2) is 60.7 Å². The second-order valence-electron chi connectivity index (χ2n) is 3.85. The molecular formula is C16H15N. The zero-order valence-corrected chi connectivity index (χ0v) is 9.93. The summed E-state index contributed by atoms with van der Waals surface area (Å²) < 4.78 is 0. The minimum atomic E-state index is 0.790. The van der Waals surface area contributed by atoms with Gasteiger partial charge in [-0.15, -0.1) is 0 Å². The normalized spacial score (nSPS) is 9.24. The lowest BCUT2D eigenvalue weighted by Gasteiger charge is -2.09. The Bertz CT molecular complexity index is 505. The molecule has 0 spiro atoms. The van der Waals surface area contributed by atoms with Crippen molar-refractivity contribution in [3.63, 3.8) is 0 Å². The first kappa shape index (κ1) is 11.3. The van der Waals surface area contributed by atoms with E-state index in [-0.39, 0.29) is 0 Å². The number of nitrogens with zero attached hydrogens (tertiary/aromatic N) is 1. The molecule has 2 aromatic carbocycles. The van der Waals surface area contributed by atoms with Crippen molar-refractivity contribution >= 4 is 5.69 Å². The molecule has 1 heteroatoms. The average Bonchev–Trinajstić information content (AvgIpc) is 2.41. The van der Waals surface area contributed by atoms with Gasteiger partial charge in [-0.1, -0.05) is 54.5 Å². The molecule has 0 saturated heterocycles. The Morgan fingerprint density at radius 3 is 2.12 bits per heavy atom. The Morgan fingerprint density at radius 2 is 1.47 bits per heavy atom. The molecule has 0 saturated carbocycles. The molecule has 2 rings (SSSR count). The number of para-hydroxylation sites is 1. The molecular weight excluding hydrogens is 206 g/mol. The van der Waals surface area contributed by atoms with Gasteiger partial charge in [0.2, 0.25) is 0 Å². The van der Waals surface area contributed by atoms with Crippen LogP contribution in [0.1, 0.15) is 5.56 Å². The summed E-state index contributed by atoms with van der Waals surface area (Å²) in [5.41, 5.74) is 2.37. The van der Waals surface area contributed by atoms with Crippen molar-refractivity contribution in [2.24, 2.45) is 0 Å². The number of anilines is 1. The van der Waals surface area contributed by atoms with Crippen molar-refractivity contribution in [1.82, 2.24) is 0 Å². The van der Waals surface area contributed by atoms with E-state index in [4.69, 9.17) is 0 Å². The van der Waals surface area contributed by atoms with Crippen LogP contribution < -0.4 is 4.90 Å². The SMILES string of the molecule is CN(C#CCc1ccccc1)c1ccccc1. The predicted octanol–water partition coefficient (Wildman–Crippen LogP) is 3.33. The molecule has 0 heterocycles. The highest BCUT2D eigenvalue weighted by Gasteiger charge is 1.93. The van der Waals surface area contributed by atoms with Crippen molar-refractivity contribution in [2.75, 3.05) is 11.9 Å². The topological polar surface area (TPSA) is 3.24 Å². The second-order valence-corrected chi connectivity index (χ2v) is 3.85. The molecule has 0 bridgehead atoms. The van der Waals surface area contributed by atoms with Gasteiger partial charge < -0.3 is 4.90 Å². The zero-order valence-electron chi connectivity index (χ0n) is 9.93. The Balaban J connectivity index is 1.98. The molecule has 0 fully saturated rings. The van der Waals surface area contributed by atoms with Crippen molar-refractivity contribution < 1.29 is 0 Å². The van der Waals surface area contributed by atoms with E-state index >= 15 is 0 Å². The fourth-order valence-electron chi connectivity index (χ4n) is 1.57. The summed E-state index contributed by atoms with van der Waals surface area (Å²) in [5, 5.41) is 0. The van der Waals surface area contributed by atoms with Crippen LogP contribution in [0.5, 0.6) is 0 Å². The van der Waals surface area contributed by atoms with E-state index in [1.165, 1.54) is 5.56 Å². The van der Waals surface area contributed by atoms with Crippen molar-refractivity contribution in [3.05, 3.63) is 66.2 Å². The van der Waals surface area contributed by atoms with E-state index < -0.39 is 0 Å². The van der Waals surface area contributed by atoms with Crippen LogP contribution in [0.4, 0.5) is 5.69 Å². The van der Waals surface area contributed by atoms with Gasteiger partial charge in [-0.3, -0.25) is 0 Å². The van der Waals surface area contributed by atoms with Gasteiger partial charge in [0.15, 0.2) is 0 Å². The molecule has 2 aromatic rings. The van der Waals surface area contributed by atoms with Gasteiger partial charge in [0.1, 0.15) is 0 Å². The highest BCUT2D eigenvalue weighted by Crippen LogP contribution is 2.09. The Hall–Kier alpha value is -2.20. The molecule has 0 radical (unpaired) electrons. The van der Waals surface area contributed by atoms with Gasteiger partial charge in [0, 0.05) is 25.2 Å². The van der Waals surface area contributed by atoms with Crippen LogP contribution in [0, 0.1) is 12.0 Å². The van der Waals surface area contributed by atoms with E-state index in [1.54, 1.807) is 0 Å². The van der Waals surface area contributed by atoms with Crippen LogP contribution in [0.3, 0.4) is 0 Å². The standard InChI is InChI=1S/C16H15N/c1-17(16-12-6-3-7-13-16)14-8-11-15-9-4-2-5-10-15/h2-7,9-10,12-13H,11H2,1H3. The molecule has 0 aliphatic rings. The molecule has 0 unspecified atom stereocenters. The zero-order chi connectivity index (χ0) is 11.9. The maximum Gasteiger partial charge on any atom is 0.0485 e. The summed E-state index contributed by atoms with van der Waals surface area (Å²) >= 11 is 0. The molecule has 0 aliphatic carbocycles. The summed E-state index contributed by atoms with van der Waals surface area (Å²) in [5.74, 6) is 3.18. The highest BCUT2D eigenvalue weighted by atomic mass is 15.1. The van der Waals surface area contributed by atoms with Gasteiger partial charge in [-0.2, -0.15) is 0 Å². The van der Waals surface area contributed by atoms with Gasteiger partial charge >= 0.3 is 0 Å². The summed E-state index contributed by atoms with van der Waals surface area (Å²) in [6, 6.07) is 23.6. The van der Waals surface area contributed by atoms with Crippen LogP contribution in [-0.2, 0) is 6.42 Å². The van der Waals surface area contributed by atoms with Crippen LogP contribution in [0.2, 0.25) is 0 Å². The maximum atomic E-state index is 3.18. The number of benzene rings is 2. The number of hydrogen-bond acceptors (Lipinski definition) is 1. The summed E-state index contributed by atoms with van der Waals surface area (Å²) in [7, 11) is 1.98. The van der Waals surface area contributed by atoms with Crippen LogP contribution in [-0.4, -0.2) is 7.05 Å². The quantitative estimate of drug-likeness (QED) is 0.555. The van der Waals surface area contributed by atoms with E-state index in [2.05, 4.69) is 36.2 Å². The lowest BCUT2D eigenvalue weighted by Crippen LogP contribution is -2.08. The molecule has 0 aromatic heterocycles. The monoisotopic (exact) mass is 221 g/mol. The molecule has 0 amide bonds. The number of hydrogen-bond donors (Lipinski definition) is 0. The van der Waals surface area contributed by atoms with Gasteiger partial charge in [0.05, 0.1) is 0 Å².